The zero-order valence-corrected chi connectivity index (χ0v) is 12.9. The minimum absolute atomic E-state index is 0.190. The van der Waals surface area contributed by atoms with Gasteiger partial charge in [-0.25, -0.2) is 9.78 Å². The van der Waals surface area contributed by atoms with E-state index in [0.29, 0.717) is 5.92 Å². The predicted octanol–water partition coefficient (Wildman–Crippen LogP) is 2.84. The molecule has 1 atom stereocenters. The van der Waals surface area contributed by atoms with Crippen LogP contribution in [0.4, 0.5) is 4.79 Å². The molecular formula is C15H25N3O2. The monoisotopic (exact) mass is 279 g/mol. The highest BCUT2D eigenvalue weighted by molar-refractivity contribution is 5.68. The number of hydrogen-bond acceptors (Lipinski definition) is 3. The second kappa shape index (κ2) is 5.85. The minimum atomic E-state index is -0.426. The third-order valence-corrected chi connectivity index (χ3v) is 3.55. The number of rotatable bonds is 2. The number of imidazole rings is 1. The molecule has 0 saturated carbocycles. The first kappa shape index (κ1) is 14.9. The smallest absolute Gasteiger partial charge is 0.410 e. The van der Waals surface area contributed by atoms with Crippen LogP contribution in [0.2, 0.25) is 0 Å². The standard InChI is InChI=1S/C15H25N3O2/c1-12-16-7-9-17(12)10-13-6-5-8-18(11-13)14(19)20-15(2,3)4/h7,9,13H,5-6,8,10-11H2,1-4H3/t13-/m1/s1. The highest BCUT2D eigenvalue weighted by Gasteiger charge is 2.27. The first-order valence-electron chi connectivity index (χ1n) is 7.31. The molecule has 0 spiro atoms. The highest BCUT2D eigenvalue weighted by atomic mass is 16.6. The summed E-state index contributed by atoms with van der Waals surface area (Å²) in [5, 5.41) is 0. The van der Waals surface area contributed by atoms with E-state index >= 15 is 0 Å². The van der Waals surface area contributed by atoms with Crippen LogP contribution in [0.3, 0.4) is 0 Å². The Kier molecular flexibility index (Phi) is 4.35. The summed E-state index contributed by atoms with van der Waals surface area (Å²) in [6.07, 6.45) is 5.82. The Bertz CT molecular complexity index is 462. The Labute approximate surface area is 120 Å². The summed E-state index contributed by atoms with van der Waals surface area (Å²) in [5.41, 5.74) is -0.426. The van der Waals surface area contributed by atoms with Gasteiger partial charge in [-0.3, -0.25) is 0 Å². The minimum Gasteiger partial charge on any atom is -0.444 e. The Morgan fingerprint density at radius 2 is 2.25 bits per heavy atom. The molecule has 0 aliphatic carbocycles. The zero-order valence-electron chi connectivity index (χ0n) is 12.9. The Morgan fingerprint density at radius 3 is 2.85 bits per heavy atom. The Balaban J connectivity index is 1.92. The lowest BCUT2D eigenvalue weighted by atomic mass is 9.98. The van der Waals surface area contributed by atoms with Crippen molar-refractivity contribution in [3.05, 3.63) is 18.2 Å². The molecule has 112 valence electrons. The number of piperidine rings is 1. The van der Waals surface area contributed by atoms with Crippen molar-refractivity contribution in [3.63, 3.8) is 0 Å². The van der Waals surface area contributed by atoms with E-state index < -0.39 is 5.60 Å². The quantitative estimate of drug-likeness (QED) is 0.836. The van der Waals surface area contributed by atoms with Crippen LogP contribution in [0.15, 0.2) is 12.4 Å². The molecule has 2 heterocycles. The Morgan fingerprint density at radius 1 is 1.50 bits per heavy atom. The number of nitrogens with zero attached hydrogens (tertiary/aromatic N) is 3. The molecule has 1 aromatic rings. The largest absolute Gasteiger partial charge is 0.444 e. The molecule has 1 amide bonds. The first-order chi connectivity index (χ1) is 9.35. The summed E-state index contributed by atoms with van der Waals surface area (Å²) in [4.78, 5) is 18.2. The topological polar surface area (TPSA) is 47.4 Å². The summed E-state index contributed by atoms with van der Waals surface area (Å²) in [5.74, 6) is 1.50. The number of carbonyl (C=O) groups is 1. The van der Waals surface area contributed by atoms with Crippen molar-refractivity contribution in [2.75, 3.05) is 13.1 Å². The van der Waals surface area contributed by atoms with Gasteiger partial charge in [0.2, 0.25) is 0 Å². The summed E-state index contributed by atoms with van der Waals surface area (Å²) in [6, 6.07) is 0. The number of amides is 1. The Hall–Kier alpha value is -1.52. The number of ether oxygens (including phenoxy) is 1. The normalized spacial score (nSPS) is 20.0. The molecule has 0 unspecified atom stereocenters. The van der Waals surface area contributed by atoms with Gasteiger partial charge in [0.1, 0.15) is 11.4 Å². The number of hydrogen-bond donors (Lipinski definition) is 0. The fourth-order valence-corrected chi connectivity index (χ4v) is 2.58. The molecule has 0 N–H and O–H groups in total. The van der Waals surface area contributed by atoms with E-state index in [0.717, 1.165) is 38.3 Å². The fraction of sp³-hybridized carbons (Fsp3) is 0.733. The first-order valence-corrected chi connectivity index (χ1v) is 7.31. The van der Waals surface area contributed by atoms with Gasteiger partial charge in [-0.15, -0.1) is 0 Å². The van der Waals surface area contributed by atoms with Crippen LogP contribution in [0, 0.1) is 12.8 Å². The summed E-state index contributed by atoms with van der Waals surface area (Å²) in [6.45, 7) is 10.2. The van der Waals surface area contributed by atoms with Crippen molar-refractivity contribution >= 4 is 6.09 Å². The average molecular weight is 279 g/mol. The van der Waals surface area contributed by atoms with E-state index in [1.165, 1.54) is 0 Å². The molecule has 1 fully saturated rings. The van der Waals surface area contributed by atoms with Crippen molar-refractivity contribution in [1.29, 1.82) is 0 Å². The van der Waals surface area contributed by atoms with Gasteiger partial charge >= 0.3 is 6.09 Å². The van der Waals surface area contributed by atoms with Crippen molar-refractivity contribution in [2.45, 2.75) is 52.7 Å². The SMILES string of the molecule is Cc1nccn1C[C@H]1CCCN(C(=O)OC(C)(C)C)C1. The van der Waals surface area contributed by atoms with Crippen LogP contribution in [-0.4, -0.2) is 39.2 Å². The van der Waals surface area contributed by atoms with Gasteiger partial charge in [-0.2, -0.15) is 0 Å². The van der Waals surface area contributed by atoms with Crippen LogP contribution >= 0.6 is 0 Å². The maximum absolute atomic E-state index is 12.1. The molecule has 1 aliphatic heterocycles. The van der Waals surface area contributed by atoms with Crippen molar-refractivity contribution in [1.82, 2.24) is 14.5 Å². The number of aromatic nitrogens is 2. The van der Waals surface area contributed by atoms with Crippen molar-refractivity contribution in [3.8, 4) is 0 Å². The lowest BCUT2D eigenvalue weighted by Crippen LogP contribution is -2.43. The molecule has 0 aromatic carbocycles. The van der Waals surface area contributed by atoms with E-state index in [4.69, 9.17) is 4.74 Å². The maximum atomic E-state index is 12.1. The van der Waals surface area contributed by atoms with Gasteiger partial charge in [0.05, 0.1) is 0 Å². The molecule has 0 bridgehead atoms. The van der Waals surface area contributed by atoms with Gasteiger partial charge in [0.15, 0.2) is 0 Å². The van der Waals surface area contributed by atoms with Gasteiger partial charge in [0.25, 0.3) is 0 Å². The van der Waals surface area contributed by atoms with E-state index in [1.54, 1.807) is 0 Å². The van der Waals surface area contributed by atoms with Gasteiger partial charge in [0, 0.05) is 32.0 Å². The van der Waals surface area contributed by atoms with Crippen molar-refractivity contribution < 1.29 is 9.53 Å². The van der Waals surface area contributed by atoms with Crippen LogP contribution < -0.4 is 0 Å². The molecule has 2 rings (SSSR count). The molecule has 5 nitrogen and oxygen atoms in total. The van der Waals surface area contributed by atoms with Crippen LogP contribution in [-0.2, 0) is 11.3 Å². The predicted molar refractivity (Wildman–Crippen MR) is 77.5 cm³/mol. The highest BCUT2D eigenvalue weighted by Crippen LogP contribution is 2.21. The van der Waals surface area contributed by atoms with E-state index in [2.05, 4.69) is 9.55 Å². The van der Waals surface area contributed by atoms with Crippen LogP contribution in [0.25, 0.3) is 0 Å². The van der Waals surface area contributed by atoms with Crippen LogP contribution in [0.5, 0.6) is 0 Å². The van der Waals surface area contributed by atoms with E-state index in [9.17, 15) is 4.79 Å². The molecule has 1 aliphatic rings. The van der Waals surface area contributed by atoms with Crippen LogP contribution in [0.1, 0.15) is 39.4 Å². The number of carbonyl (C=O) groups excluding carboxylic acids is 1. The maximum Gasteiger partial charge on any atom is 0.410 e. The third kappa shape index (κ3) is 3.99. The average Bonchev–Trinajstić information content (AvgIpc) is 2.73. The molecule has 5 heteroatoms. The summed E-state index contributed by atoms with van der Waals surface area (Å²) in [7, 11) is 0. The second-order valence-electron chi connectivity index (χ2n) is 6.56. The molecule has 0 radical (unpaired) electrons. The van der Waals surface area contributed by atoms with Gasteiger partial charge in [-0.1, -0.05) is 0 Å². The van der Waals surface area contributed by atoms with Crippen molar-refractivity contribution in [2.24, 2.45) is 5.92 Å². The van der Waals surface area contributed by atoms with E-state index in [1.807, 2.05) is 45.0 Å². The lowest BCUT2D eigenvalue weighted by Gasteiger charge is -2.34. The number of likely N-dealkylation sites (tertiary alicyclic amines) is 1. The van der Waals surface area contributed by atoms with E-state index in [-0.39, 0.29) is 6.09 Å². The molecule has 1 saturated heterocycles. The molecular weight excluding hydrogens is 254 g/mol. The lowest BCUT2D eigenvalue weighted by molar-refractivity contribution is 0.0157. The fourth-order valence-electron chi connectivity index (χ4n) is 2.58. The third-order valence-electron chi connectivity index (χ3n) is 3.55. The summed E-state index contributed by atoms with van der Waals surface area (Å²) < 4.78 is 7.61. The zero-order chi connectivity index (χ0) is 14.8. The van der Waals surface area contributed by atoms with Gasteiger partial charge in [-0.05, 0) is 46.5 Å². The number of aryl methyl sites for hydroxylation is 1. The summed E-state index contributed by atoms with van der Waals surface area (Å²) >= 11 is 0. The van der Waals surface area contributed by atoms with Gasteiger partial charge < -0.3 is 14.2 Å². The molecule has 1 aromatic heterocycles. The molecule has 20 heavy (non-hydrogen) atoms. The second-order valence-corrected chi connectivity index (χ2v) is 6.56.